The minimum Gasteiger partial charge on any atom is -0.321 e. The number of nitrogens with one attached hydrogen (secondary N) is 1. The highest BCUT2D eigenvalue weighted by molar-refractivity contribution is 7.13. The molecule has 0 spiro atoms. The van der Waals surface area contributed by atoms with Gasteiger partial charge >= 0.3 is 0 Å². The SMILES string of the molecule is Cc1ccncc1NC(=O)/C=C/c1cn(Cc2ccccc2)nc1-c1cccs1. The van der Waals surface area contributed by atoms with Crippen LogP contribution in [0.1, 0.15) is 16.7 Å². The van der Waals surface area contributed by atoms with Gasteiger partial charge in [-0.15, -0.1) is 11.3 Å². The highest BCUT2D eigenvalue weighted by atomic mass is 32.1. The molecule has 6 heteroatoms. The lowest BCUT2D eigenvalue weighted by atomic mass is 10.2. The molecule has 0 unspecified atom stereocenters. The average molecular weight is 401 g/mol. The zero-order valence-electron chi connectivity index (χ0n) is 15.9. The van der Waals surface area contributed by atoms with Crippen LogP contribution in [0.4, 0.5) is 5.69 Å². The Balaban J connectivity index is 1.57. The van der Waals surface area contributed by atoms with Crippen LogP contribution >= 0.6 is 11.3 Å². The van der Waals surface area contributed by atoms with E-state index in [2.05, 4.69) is 22.4 Å². The molecule has 0 saturated heterocycles. The number of aryl methyl sites for hydroxylation is 1. The van der Waals surface area contributed by atoms with E-state index in [1.807, 2.05) is 65.7 Å². The maximum absolute atomic E-state index is 12.4. The maximum Gasteiger partial charge on any atom is 0.248 e. The molecule has 5 nitrogen and oxygen atoms in total. The molecule has 1 aromatic carbocycles. The molecule has 144 valence electrons. The first-order chi connectivity index (χ1) is 14.2. The Kier molecular flexibility index (Phi) is 5.63. The third-order valence-corrected chi connectivity index (χ3v) is 5.32. The Morgan fingerprint density at radius 3 is 2.79 bits per heavy atom. The van der Waals surface area contributed by atoms with Gasteiger partial charge < -0.3 is 5.32 Å². The minimum atomic E-state index is -0.200. The Hall–Kier alpha value is -3.51. The molecule has 0 saturated carbocycles. The number of carbonyl (C=O) groups is 1. The summed E-state index contributed by atoms with van der Waals surface area (Å²) in [6, 6.07) is 16.1. The van der Waals surface area contributed by atoms with E-state index in [1.54, 1.807) is 23.7 Å². The van der Waals surface area contributed by atoms with Gasteiger partial charge in [-0.2, -0.15) is 5.10 Å². The van der Waals surface area contributed by atoms with Crippen LogP contribution in [0.2, 0.25) is 0 Å². The molecule has 4 aromatic rings. The molecule has 1 amide bonds. The van der Waals surface area contributed by atoms with Crippen molar-refractivity contribution in [1.29, 1.82) is 0 Å². The lowest BCUT2D eigenvalue weighted by molar-refractivity contribution is -0.111. The minimum absolute atomic E-state index is 0.200. The molecule has 29 heavy (non-hydrogen) atoms. The summed E-state index contributed by atoms with van der Waals surface area (Å²) in [5.74, 6) is -0.200. The quantitative estimate of drug-likeness (QED) is 0.463. The number of amides is 1. The number of hydrogen-bond acceptors (Lipinski definition) is 4. The number of rotatable bonds is 6. The van der Waals surface area contributed by atoms with Crippen LogP contribution in [0.3, 0.4) is 0 Å². The summed E-state index contributed by atoms with van der Waals surface area (Å²) in [4.78, 5) is 17.5. The van der Waals surface area contributed by atoms with E-state index in [0.717, 1.165) is 21.7 Å². The molecule has 3 heterocycles. The molecule has 1 N–H and O–H groups in total. The summed E-state index contributed by atoms with van der Waals surface area (Å²) in [5, 5.41) is 9.65. The second-order valence-corrected chi connectivity index (χ2v) is 7.55. The Labute approximate surface area is 173 Å². The number of aromatic nitrogens is 3. The van der Waals surface area contributed by atoms with E-state index in [9.17, 15) is 4.79 Å². The van der Waals surface area contributed by atoms with Crippen LogP contribution in [0.5, 0.6) is 0 Å². The number of carbonyl (C=O) groups excluding carboxylic acids is 1. The van der Waals surface area contributed by atoms with Crippen molar-refractivity contribution >= 4 is 29.0 Å². The van der Waals surface area contributed by atoms with Gasteiger partial charge in [0.15, 0.2) is 0 Å². The number of anilines is 1. The lowest BCUT2D eigenvalue weighted by Crippen LogP contribution is -2.09. The lowest BCUT2D eigenvalue weighted by Gasteiger charge is -2.04. The fraction of sp³-hybridized carbons (Fsp3) is 0.0870. The van der Waals surface area contributed by atoms with Crippen molar-refractivity contribution in [2.45, 2.75) is 13.5 Å². The topological polar surface area (TPSA) is 59.8 Å². The van der Waals surface area contributed by atoms with Crippen molar-refractivity contribution in [3.63, 3.8) is 0 Å². The van der Waals surface area contributed by atoms with Crippen LogP contribution in [0.15, 0.2) is 78.6 Å². The van der Waals surface area contributed by atoms with Gasteiger partial charge in [-0.3, -0.25) is 14.5 Å². The number of nitrogens with zero attached hydrogens (tertiary/aromatic N) is 3. The monoisotopic (exact) mass is 400 g/mol. The molecular weight excluding hydrogens is 380 g/mol. The largest absolute Gasteiger partial charge is 0.321 e. The molecule has 0 atom stereocenters. The number of hydrogen-bond donors (Lipinski definition) is 1. The fourth-order valence-corrected chi connectivity index (χ4v) is 3.68. The molecule has 4 rings (SSSR count). The standard InChI is InChI=1S/C23H20N4OS/c1-17-11-12-24-14-20(17)25-22(28)10-9-19-16-27(15-18-6-3-2-4-7-18)26-23(19)21-8-5-13-29-21/h2-14,16H,15H2,1H3,(H,25,28)/b10-9+. The normalized spacial score (nSPS) is 11.1. The summed E-state index contributed by atoms with van der Waals surface area (Å²) in [6.07, 6.45) is 8.67. The highest BCUT2D eigenvalue weighted by Crippen LogP contribution is 2.28. The van der Waals surface area contributed by atoms with Gasteiger partial charge in [0.2, 0.25) is 5.91 Å². The highest BCUT2D eigenvalue weighted by Gasteiger charge is 2.11. The predicted octanol–water partition coefficient (Wildman–Crippen LogP) is 5.02. The maximum atomic E-state index is 12.4. The van der Waals surface area contributed by atoms with Crippen LogP contribution in [-0.4, -0.2) is 20.7 Å². The van der Waals surface area contributed by atoms with E-state index in [4.69, 9.17) is 5.10 Å². The van der Waals surface area contributed by atoms with Crippen LogP contribution < -0.4 is 5.32 Å². The molecule has 0 aliphatic heterocycles. The molecular formula is C23H20N4OS. The first kappa shape index (κ1) is 18.8. The van der Waals surface area contributed by atoms with Crippen molar-refractivity contribution in [3.05, 3.63) is 95.3 Å². The molecule has 0 bridgehead atoms. The van der Waals surface area contributed by atoms with Crippen molar-refractivity contribution in [2.75, 3.05) is 5.32 Å². The number of thiophene rings is 1. The molecule has 0 aliphatic carbocycles. The summed E-state index contributed by atoms with van der Waals surface area (Å²) in [6.45, 7) is 2.61. The van der Waals surface area contributed by atoms with E-state index in [0.29, 0.717) is 12.2 Å². The number of pyridine rings is 1. The third kappa shape index (κ3) is 4.67. The third-order valence-electron chi connectivity index (χ3n) is 4.44. The Morgan fingerprint density at radius 1 is 1.17 bits per heavy atom. The van der Waals surface area contributed by atoms with Gasteiger partial charge in [0.25, 0.3) is 0 Å². The Bertz CT molecular complexity index is 1130. The summed E-state index contributed by atoms with van der Waals surface area (Å²) in [5.41, 5.74) is 4.63. The van der Waals surface area contributed by atoms with E-state index in [-0.39, 0.29) is 5.91 Å². The van der Waals surface area contributed by atoms with Gasteiger partial charge in [0, 0.05) is 24.0 Å². The van der Waals surface area contributed by atoms with Gasteiger partial charge in [-0.1, -0.05) is 36.4 Å². The smallest absolute Gasteiger partial charge is 0.248 e. The first-order valence-electron chi connectivity index (χ1n) is 9.24. The summed E-state index contributed by atoms with van der Waals surface area (Å²) in [7, 11) is 0. The van der Waals surface area contributed by atoms with Crippen molar-refractivity contribution in [1.82, 2.24) is 14.8 Å². The first-order valence-corrected chi connectivity index (χ1v) is 10.1. The second kappa shape index (κ2) is 8.67. The van der Waals surface area contributed by atoms with Gasteiger partial charge in [0.1, 0.15) is 5.69 Å². The van der Waals surface area contributed by atoms with Gasteiger partial charge in [-0.25, -0.2) is 0 Å². The average Bonchev–Trinajstić information content (AvgIpc) is 3.39. The van der Waals surface area contributed by atoms with Crippen LogP contribution in [0, 0.1) is 6.92 Å². The predicted molar refractivity (Wildman–Crippen MR) is 118 cm³/mol. The summed E-state index contributed by atoms with van der Waals surface area (Å²) >= 11 is 1.63. The van der Waals surface area contributed by atoms with Crippen LogP contribution in [0.25, 0.3) is 16.6 Å². The fourth-order valence-electron chi connectivity index (χ4n) is 2.95. The zero-order valence-corrected chi connectivity index (χ0v) is 16.8. The van der Waals surface area contributed by atoms with E-state index in [1.165, 1.54) is 11.6 Å². The van der Waals surface area contributed by atoms with Crippen molar-refractivity contribution < 1.29 is 4.79 Å². The van der Waals surface area contributed by atoms with E-state index < -0.39 is 0 Å². The van der Waals surface area contributed by atoms with E-state index >= 15 is 0 Å². The van der Waals surface area contributed by atoms with Gasteiger partial charge in [0.05, 0.1) is 23.3 Å². The van der Waals surface area contributed by atoms with Crippen molar-refractivity contribution in [3.8, 4) is 10.6 Å². The molecule has 0 fully saturated rings. The molecule has 0 radical (unpaired) electrons. The van der Waals surface area contributed by atoms with Gasteiger partial charge in [-0.05, 0) is 41.6 Å². The Morgan fingerprint density at radius 2 is 2.03 bits per heavy atom. The molecule has 3 aromatic heterocycles. The zero-order chi connectivity index (χ0) is 20.1. The molecule has 0 aliphatic rings. The van der Waals surface area contributed by atoms with Crippen LogP contribution in [-0.2, 0) is 11.3 Å². The number of benzene rings is 1. The van der Waals surface area contributed by atoms with Crippen molar-refractivity contribution in [2.24, 2.45) is 0 Å². The second-order valence-electron chi connectivity index (χ2n) is 6.61. The summed E-state index contributed by atoms with van der Waals surface area (Å²) < 4.78 is 1.91.